The van der Waals surface area contributed by atoms with Crippen molar-refractivity contribution in [1.29, 1.82) is 0 Å². The van der Waals surface area contributed by atoms with Gasteiger partial charge < -0.3 is 14.9 Å². The lowest BCUT2D eigenvalue weighted by molar-refractivity contribution is 0.673. The maximum atomic E-state index is 4.62. The van der Waals surface area contributed by atoms with E-state index in [1.54, 1.807) is 0 Å². The summed E-state index contributed by atoms with van der Waals surface area (Å²) in [6.07, 6.45) is 3.17. The Hall–Kier alpha value is -2.59. The SMILES string of the molecule is CCn1cc(CNCCc2nc3ccccc3[nH]2)c2ccccc21. The van der Waals surface area contributed by atoms with Crippen LogP contribution in [0.3, 0.4) is 0 Å². The predicted molar refractivity (Wildman–Crippen MR) is 99.1 cm³/mol. The standard InChI is InChI=1S/C20H22N4/c1-2-24-14-15(16-7-3-6-10-19(16)24)13-21-12-11-20-22-17-8-4-5-9-18(17)23-20/h3-10,14,21H,2,11-13H2,1H3,(H,22,23). The maximum absolute atomic E-state index is 4.62. The summed E-state index contributed by atoms with van der Waals surface area (Å²) in [4.78, 5) is 8.01. The van der Waals surface area contributed by atoms with E-state index in [4.69, 9.17) is 0 Å². The molecule has 0 aliphatic heterocycles. The van der Waals surface area contributed by atoms with Gasteiger partial charge in [0.25, 0.3) is 0 Å². The summed E-state index contributed by atoms with van der Waals surface area (Å²) in [5, 5.41) is 4.89. The topological polar surface area (TPSA) is 45.6 Å². The van der Waals surface area contributed by atoms with Gasteiger partial charge in [0.2, 0.25) is 0 Å². The molecule has 0 aliphatic carbocycles. The van der Waals surface area contributed by atoms with E-state index < -0.39 is 0 Å². The molecule has 2 N–H and O–H groups in total. The number of fused-ring (bicyclic) bond motifs is 2. The average molecular weight is 318 g/mol. The average Bonchev–Trinajstić information content (AvgIpc) is 3.19. The number of nitrogens with zero attached hydrogens (tertiary/aromatic N) is 2. The zero-order valence-corrected chi connectivity index (χ0v) is 13.9. The van der Waals surface area contributed by atoms with Crippen molar-refractivity contribution in [2.24, 2.45) is 0 Å². The van der Waals surface area contributed by atoms with Crippen LogP contribution < -0.4 is 5.32 Å². The summed E-state index contributed by atoms with van der Waals surface area (Å²) in [5.41, 5.74) is 4.82. The number of imidazole rings is 1. The summed E-state index contributed by atoms with van der Waals surface area (Å²) in [5.74, 6) is 1.04. The van der Waals surface area contributed by atoms with Crippen LogP contribution in [0.1, 0.15) is 18.3 Å². The molecule has 0 saturated heterocycles. The Morgan fingerprint density at radius 1 is 1.08 bits per heavy atom. The highest BCUT2D eigenvalue weighted by molar-refractivity contribution is 5.83. The number of para-hydroxylation sites is 3. The normalized spacial score (nSPS) is 11.5. The molecule has 122 valence electrons. The molecule has 0 fully saturated rings. The molecule has 4 aromatic rings. The molecule has 0 unspecified atom stereocenters. The van der Waals surface area contributed by atoms with Gasteiger partial charge in [-0.1, -0.05) is 30.3 Å². The zero-order chi connectivity index (χ0) is 16.4. The minimum Gasteiger partial charge on any atom is -0.347 e. The number of aryl methyl sites for hydroxylation is 1. The summed E-state index contributed by atoms with van der Waals surface area (Å²) in [7, 11) is 0. The lowest BCUT2D eigenvalue weighted by atomic mass is 10.2. The third-order valence-electron chi connectivity index (χ3n) is 4.50. The van der Waals surface area contributed by atoms with Gasteiger partial charge in [0.1, 0.15) is 5.82 Å². The van der Waals surface area contributed by atoms with Crippen LogP contribution in [-0.2, 0) is 19.5 Å². The fourth-order valence-corrected chi connectivity index (χ4v) is 3.28. The van der Waals surface area contributed by atoms with Crippen LogP contribution in [0, 0.1) is 0 Å². The molecular weight excluding hydrogens is 296 g/mol. The fourth-order valence-electron chi connectivity index (χ4n) is 3.28. The Morgan fingerprint density at radius 3 is 2.79 bits per heavy atom. The van der Waals surface area contributed by atoms with Crippen molar-refractivity contribution in [2.45, 2.75) is 26.4 Å². The first-order chi connectivity index (χ1) is 11.8. The largest absolute Gasteiger partial charge is 0.347 e. The van der Waals surface area contributed by atoms with Gasteiger partial charge >= 0.3 is 0 Å². The lowest BCUT2D eigenvalue weighted by Gasteiger charge is -2.02. The highest BCUT2D eigenvalue weighted by Gasteiger charge is 2.07. The van der Waals surface area contributed by atoms with Gasteiger partial charge in [0.05, 0.1) is 11.0 Å². The van der Waals surface area contributed by atoms with E-state index in [1.807, 2.05) is 18.2 Å². The minimum absolute atomic E-state index is 0.883. The number of hydrogen-bond acceptors (Lipinski definition) is 2. The molecule has 2 heterocycles. The molecule has 0 aliphatic rings. The summed E-state index contributed by atoms with van der Waals surface area (Å²) in [6, 6.07) is 16.8. The van der Waals surface area contributed by atoms with E-state index in [9.17, 15) is 0 Å². The van der Waals surface area contributed by atoms with Crippen molar-refractivity contribution in [3.8, 4) is 0 Å². The van der Waals surface area contributed by atoms with Gasteiger partial charge in [0, 0.05) is 43.2 Å². The first-order valence-electron chi connectivity index (χ1n) is 8.56. The van der Waals surface area contributed by atoms with E-state index in [0.29, 0.717) is 0 Å². The highest BCUT2D eigenvalue weighted by atomic mass is 15.0. The van der Waals surface area contributed by atoms with Gasteiger partial charge in [-0.05, 0) is 30.7 Å². The quantitative estimate of drug-likeness (QED) is 0.530. The van der Waals surface area contributed by atoms with Gasteiger partial charge in [-0.3, -0.25) is 0 Å². The highest BCUT2D eigenvalue weighted by Crippen LogP contribution is 2.21. The molecule has 2 aromatic carbocycles. The first kappa shape index (κ1) is 15.0. The first-order valence-corrected chi connectivity index (χ1v) is 8.56. The Balaban J connectivity index is 1.40. The molecule has 0 spiro atoms. The lowest BCUT2D eigenvalue weighted by Crippen LogP contribution is -2.17. The number of H-pyrrole nitrogens is 1. The van der Waals surface area contributed by atoms with E-state index in [0.717, 1.165) is 42.9 Å². The fraction of sp³-hybridized carbons (Fsp3) is 0.250. The van der Waals surface area contributed by atoms with Crippen LogP contribution in [0.25, 0.3) is 21.9 Å². The van der Waals surface area contributed by atoms with E-state index in [1.165, 1.54) is 16.5 Å². The van der Waals surface area contributed by atoms with Crippen molar-refractivity contribution in [3.63, 3.8) is 0 Å². The van der Waals surface area contributed by atoms with Crippen LogP contribution in [0.15, 0.2) is 54.7 Å². The third-order valence-corrected chi connectivity index (χ3v) is 4.50. The monoisotopic (exact) mass is 318 g/mol. The van der Waals surface area contributed by atoms with Crippen molar-refractivity contribution in [1.82, 2.24) is 19.9 Å². The van der Waals surface area contributed by atoms with Crippen molar-refractivity contribution >= 4 is 21.9 Å². The van der Waals surface area contributed by atoms with Crippen molar-refractivity contribution in [2.75, 3.05) is 6.54 Å². The van der Waals surface area contributed by atoms with Crippen LogP contribution in [0.4, 0.5) is 0 Å². The molecular formula is C20H22N4. The van der Waals surface area contributed by atoms with Crippen LogP contribution in [-0.4, -0.2) is 21.1 Å². The van der Waals surface area contributed by atoms with Crippen LogP contribution >= 0.6 is 0 Å². The minimum atomic E-state index is 0.883. The molecule has 0 atom stereocenters. The molecule has 4 rings (SSSR count). The number of aromatic nitrogens is 3. The molecule has 4 nitrogen and oxygen atoms in total. The summed E-state index contributed by atoms with van der Waals surface area (Å²) >= 11 is 0. The number of benzene rings is 2. The van der Waals surface area contributed by atoms with Gasteiger partial charge in [-0.15, -0.1) is 0 Å². The predicted octanol–water partition coefficient (Wildman–Crippen LogP) is 3.87. The number of rotatable bonds is 6. The molecule has 0 saturated carbocycles. The van der Waals surface area contributed by atoms with Crippen molar-refractivity contribution < 1.29 is 0 Å². The second-order valence-corrected chi connectivity index (χ2v) is 6.08. The van der Waals surface area contributed by atoms with Crippen molar-refractivity contribution in [3.05, 3.63) is 66.1 Å². The maximum Gasteiger partial charge on any atom is 0.108 e. The van der Waals surface area contributed by atoms with E-state index in [-0.39, 0.29) is 0 Å². The van der Waals surface area contributed by atoms with Crippen LogP contribution in [0.5, 0.6) is 0 Å². The van der Waals surface area contributed by atoms with Gasteiger partial charge in [0.15, 0.2) is 0 Å². The Bertz CT molecular complexity index is 931. The van der Waals surface area contributed by atoms with Crippen LogP contribution in [0.2, 0.25) is 0 Å². The second-order valence-electron chi connectivity index (χ2n) is 6.08. The van der Waals surface area contributed by atoms with E-state index in [2.05, 4.69) is 63.3 Å². The molecule has 24 heavy (non-hydrogen) atoms. The third kappa shape index (κ3) is 2.81. The number of aromatic amines is 1. The number of hydrogen-bond donors (Lipinski definition) is 2. The molecule has 0 radical (unpaired) electrons. The Labute approximate surface area is 141 Å². The summed E-state index contributed by atoms with van der Waals surface area (Å²) in [6.45, 7) is 4.98. The van der Waals surface area contributed by atoms with Gasteiger partial charge in [-0.2, -0.15) is 0 Å². The second kappa shape index (κ2) is 6.49. The molecule has 4 heteroatoms. The Morgan fingerprint density at radius 2 is 1.92 bits per heavy atom. The zero-order valence-electron chi connectivity index (χ0n) is 13.9. The number of nitrogens with one attached hydrogen (secondary N) is 2. The molecule has 2 aromatic heterocycles. The van der Waals surface area contributed by atoms with Gasteiger partial charge in [-0.25, -0.2) is 4.98 Å². The summed E-state index contributed by atoms with van der Waals surface area (Å²) < 4.78 is 2.31. The Kier molecular flexibility index (Phi) is 4.05. The van der Waals surface area contributed by atoms with E-state index >= 15 is 0 Å². The molecule has 0 bridgehead atoms. The smallest absolute Gasteiger partial charge is 0.108 e. The molecule has 0 amide bonds.